The zero-order valence-electron chi connectivity index (χ0n) is 12.0. The van der Waals surface area contributed by atoms with E-state index in [9.17, 15) is 0 Å². The summed E-state index contributed by atoms with van der Waals surface area (Å²) in [6.45, 7) is 5.75. The van der Waals surface area contributed by atoms with E-state index in [0.29, 0.717) is 12.5 Å². The average Bonchev–Trinajstić information content (AvgIpc) is 2.46. The molecule has 0 aliphatic carbocycles. The smallest absolute Gasteiger partial charge is 0.0865 e. The third-order valence-electron chi connectivity index (χ3n) is 3.69. The number of nitrogens with one attached hydrogen (secondary N) is 1. The minimum atomic E-state index is 0.226. The minimum absolute atomic E-state index is 0.226. The van der Waals surface area contributed by atoms with Crippen LogP contribution in [0.2, 0.25) is 0 Å². The van der Waals surface area contributed by atoms with Gasteiger partial charge in [-0.3, -0.25) is 0 Å². The summed E-state index contributed by atoms with van der Waals surface area (Å²) in [5.41, 5.74) is 2.51. The van der Waals surface area contributed by atoms with Crippen LogP contribution in [-0.4, -0.2) is 26.8 Å². The van der Waals surface area contributed by atoms with Crippen molar-refractivity contribution in [3.05, 3.63) is 35.4 Å². The van der Waals surface area contributed by atoms with Crippen molar-refractivity contribution >= 4 is 0 Å². The van der Waals surface area contributed by atoms with Crippen molar-refractivity contribution in [3.8, 4) is 0 Å². The minimum Gasteiger partial charge on any atom is -0.380 e. The Morgan fingerprint density at radius 3 is 3.11 bits per heavy atom. The van der Waals surface area contributed by atoms with E-state index in [4.69, 9.17) is 9.47 Å². The fourth-order valence-electron chi connectivity index (χ4n) is 2.78. The molecule has 1 aliphatic rings. The van der Waals surface area contributed by atoms with Gasteiger partial charge in [-0.25, -0.2) is 0 Å². The maximum Gasteiger partial charge on any atom is 0.0865 e. The molecule has 0 bridgehead atoms. The highest BCUT2D eigenvalue weighted by Gasteiger charge is 2.27. The molecular formula is C16H25NO2. The molecular weight excluding hydrogens is 238 g/mol. The van der Waals surface area contributed by atoms with Gasteiger partial charge in [-0.2, -0.15) is 0 Å². The Morgan fingerprint density at radius 2 is 2.32 bits per heavy atom. The molecule has 1 aromatic carbocycles. The molecule has 1 heterocycles. The SMILES string of the molecule is CCNCC1CCCOC1c1cccc(COC)c1. The van der Waals surface area contributed by atoms with Crippen LogP contribution in [0.5, 0.6) is 0 Å². The van der Waals surface area contributed by atoms with Crippen molar-refractivity contribution < 1.29 is 9.47 Å². The molecule has 0 aromatic heterocycles. The van der Waals surface area contributed by atoms with Crippen LogP contribution in [0, 0.1) is 5.92 Å². The van der Waals surface area contributed by atoms with E-state index in [-0.39, 0.29) is 6.10 Å². The van der Waals surface area contributed by atoms with Crippen LogP contribution in [0.3, 0.4) is 0 Å². The number of rotatable bonds is 6. The third-order valence-corrected chi connectivity index (χ3v) is 3.69. The molecule has 0 saturated carbocycles. The first kappa shape index (κ1) is 14.5. The summed E-state index contributed by atoms with van der Waals surface area (Å²) in [6, 6.07) is 8.60. The Labute approximate surface area is 116 Å². The predicted molar refractivity (Wildman–Crippen MR) is 77.1 cm³/mol. The highest BCUT2D eigenvalue weighted by molar-refractivity contribution is 5.25. The van der Waals surface area contributed by atoms with Crippen molar-refractivity contribution in [2.45, 2.75) is 32.5 Å². The van der Waals surface area contributed by atoms with Crippen molar-refractivity contribution in [2.75, 3.05) is 26.8 Å². The van der Waals surface area contributed by atoms with Crippen LogP contribution in [0.4, 0.5) is 0 Å². The summed E-state index contributed by atoms with van der Waals surface area (Å²) in [7, 11) is 1.73. The topological polar surface area (TPSA) is 30.5 Å². The lowest BCUT2D eigenvalue weighted by Crippen LogP contribution is -2.31. The van der Waals surface area contributed by atoms with Gasteiger partial charge < -0.3 is 14.8 Å². The molecule has 2 rings (SSSR count). The maximum absolute atomic E-state index is 6.03. The van der Waals surface area contributed by atoms with Crippen molar-refractivity contribution in [3.63, 3.8) is 0 Å². The van der Waals surface area contributed by atoms with Gasteiger partial charge in [-0.1, -0.05) is 31.2 Å². The van der Waals surface area contributed by atoms with Gasteiger partial charge in [0.1, 0.15) is 0 Å². The van der Waals surface area contributed by atoms with Crippen molar-refractivity contribution in [1.82, 2.24) is 5.32 Å². The number of hydrogen-bond donors (Lipinski definition) is 1. The summed E-state index contributed by atoms with van der Waals surface area (Å²) in [6.07, 6.45) is 2.64. The molecule has 2 atom stereocenters. The Balaban J connectivity index is 2.09. The van der Waals surface area contributed by atoms with E-state index in [2.05, 4.69) is 36.5 Å². The number of ether oxygens (including phenoxy) is 2. The standard InChI is InChI=1S/C16H25NO2/c1-3-17-11-15-8-5-9-19-16(15)14-7-4-6-13(10-14)12-18-2/h4,6-7,10,15-17H,3,5,8-9,11-12H2,1-2H3. The monoisotopic (exact) mass is 263 g/mol. The Morgan fingerprint density at radius 1 is 1.42 bits per heavy atom. The van der Waals surface area contributed by atoms with Gasteiger partial charge >= 0.3 is 0 Å². The van der Waals surface area contributed by atoms with E-state index in [1.165, 1.54) is 24.0 Å². The average molecular weight is 263 g/mol. The summed E-state index contributed by atoms with van der Waals surface area (Å²) < 4.78 is 11.2. The normalized spacial score (nSPS) is 23.5. The predicted octanol–water partition coefficient (Wildman–Crippen LogP) is 2.91. The molecule has 0 amide bonds. The Hall–Kier alpha value is -0.900. The Bertz CT molecular complexity index is 381. The fourth-order valence-corrected chi connectivity index (χ4v) is 2.78. The number of benzene rings is 1. The highest BCUT2D eigenvalue weighted by Crippen LogP contribution is 2.33. The van der Waals surface area contributed by atoms with Crippen molar-refractivity contribution in [1.29, 1.82) is 0 Å². The van der Waals surface area contributed by atoms with Crippen LogP contribution >= 0.6 is 0 Å². The van der Waals surface area contributed by atoms with Crippen LogP contribution in [0.15, 0.2) is 24.3 Å². The first-order valence-electron chi connectivity index (χ1n) is 7.25. The second-order valence-electron chi connectivity index (χ2n) is 5.18. The molecule has 1 saturated heterocycles. The molecule has 19 heavy (non-hydrogen) atoms. The molecule has 106 valence electrons. The van der Waals surface area contributed by atoms with Crippen molar-refractivity contribution in [2.24, 2.45) is 5.92 Å². The lowest BCUT2D eigenvalue weighted by atomic mass is 9.89. The molecule has 2 unspecified atom stereocenters. The summed E-state index contributed by atoms with van der Waals surface area (Å²) >= 11 is 0. The van der Waals surface area contributed by atoms with Gasteiger partial charge in [0.05, 0.1) is 12.7 Å². The lowest BCUT2D eigenvalue weighted by molar-refractivity contribution is -0.0277. The summed E-state index contributed by atoms with van der Waals surface area (Å²) in [5.74, 6) is 0.575. The molecule has 1 aliphatic heterocycles. The van der Waals surface area contributed by atoms with Gasteiger partial charge in [0.15, 0.2) is 0 Å². The van der Waals surface area contributed by atoms with E-state index in [1.54, 1.807) is 7.11 Å². The quantitative estimate of drug-likeness (QED) is 0.856. The molecule has 3 nitrogen and oxygen atoms in total. The Kier molecular flexibility index (Phi) is 5.83. The molecule has 3 heteroatoms. The number of methoxy groups -OCH3 is 1. The fraction of sp³-hybridized carbons (Fsp3) is 0.625. The molecule has 0 radical (unpaired) electrons. The van der Waals surface area contributed by atoms with Gasteiger partial charge in [-0.15, -0.1) is 0 Å². The lowest BCUT2D eigenvalue weighted by Gasteiger charge is -2.32. The molecule has 1 fully saturated rings. The van der Waals surface area contributed by atoms with E-state index >= 15 is 0 Å². The van der Waals surface area contributed by atoms with Gasteiger partial charge in [0.25, 0.3) is 0 Å². The van der Waals surface area contributed by atoms with Crippen LogP contribution < -0.4 is 5.32 Å². The molecule has 1 N–H and O–H groups in total. The van der Waals surface area contributed by atoms with Gasteiger partial charge in [0, 0.05) is 26.2 Å². The van der Waals surface area contributed by atoms with Gasteiger partial charge in [0.2, 0.25) is 0 Å². The summed E-state index contributed by atoms with van der Waals surface area (Å²) in [5, 5.41) is 3.45. The first-order chi connectivity index (χ1) is 9.35. The second kappa shape index (κ2) is 7.63. The maximum atomic E-state index is 6.03. The van der Waals surface area contributed by atoms with E-state index < -0.39 is 0 Å². The largest absolute Gasteiger partial charge is 0.380 e. The first-order valence-corrected chi connectivity index (χ1v) is 7.25. The molecule has 1 aromatic rings. The van der Waals surface area contributed by atoms with Crippen LogP contribution in [0.25, 0.3) is 0 Å². The highest BCUT2D eigenvalue weighted by atomic mass is 16.5. The van der Waals surface area contributed by atoms with Crippen LogP contribution in [0.1, 0.15) is 37.0 Å². The van der Waals surface area contributed by atoms with E-state index in [1.807, 2.05) is 0 Å². The van der Waals surface area contributed by atoms with Crippen LogP contribution in [-0.2, 0) is 16.1 Å². The third kappa shape index (κ3) is 4.03. The van der Waals surface area contributed by atoms with Gasteiger partial charge in [-0.05, 0) is 30.5 Å². The second-order valence-corrected chi connectivity index (χ2v) is 5.18. The molecule has 0 spiro atoms. The zero-order chi connectivity index (χ0) is 13.5. The zero-order valence-corrected chi connectivity index (χ0v) is 12.0. The number of hydrogen-bond acceptors (Lipinski definition) is 3. The summed E-state index contributed by atoms with van der Waals surface area (Å²) in [4.78, 5) is 0. The van der Waals surface area contributed by atoms with E-state index in [0.717, 1.165) is 19.7 Å².